The van der Waals surface area contributed by atoms with E-state index in [0.717, 1.165) is 12.5 Å². The van der Waals surface area contributed by atoms with Gasteiger partial charge < -0.3 is 10.4 Å². The van der Waals surface area contributed by atoms with E-state index in [1.807, 2.05) is 6.92 Å². The van der Waals surface area contributed by atoms with E-state index in [0.29, 0.717) is 12.1 Å². The second-order valence-corrected chi connectivity index (χ2v) is 4.52. The first-order chi connectivity index (χ1) is 9.42. The molecule has 0 saturated carbocycles. The Bertz CT molecular complexity index is 480. The average Bonchev–Trinajstić information content (AvgIpc) is 2.39. The zero-order valence-electron chi connectivity index (χ0n) is 11.2. The second kappa shape index (κ2) is 7.15. The number of nitrogens with one attached hydrogen (secondary N) is 1. The standard InChI is InChI=1S/C14H17F3N2O/c1-2-3-12(9-20)19-11-5-4-10(6-7-18)13(8-11)14(15,16)17/h4-5,8,12,19-20H,2-3,6,9H2,1H3. The van der Waals surface area contributed by atoms with Crippen LogP contribution in [-0.2, 0) is 12.6 Å². The van der Waals surface area contributed by atoms with E-state index in [4.69, 9.17) is 10.4 Å². The van der Waals surface area contributed by atoms with Crippen LogP contribution in [0.25, 0.3) is 0 Å². The molecule has 110 valence electrons. The van der Waals surface area contributed by atoms with Crippen molar-refractivity contribution in [2.75, 3.05) is 11.9 Å². The highest BCUT2D eigenvalue weighted by molar-refractivity contribution is 5.51. The molecule has 0 aliphatic carbocycles. The Morgan fingerprint density at radius 2 is 2.10 bits per heavy atom. The summed E-state index contributed by atoms with van der Waals surface area (Å²) in [5, 5.41) is 20.6. The van der Waals surface area contributed by atoms with Crippen molar-refractivity contribution in [3.63, 3.8) is 0 Å². The Morgan fingerprint density at radius 3 is 2.60 bits per heavy atom. The number of anilines is 1. The fourth-order valence-electron chi connectivity index (χ4n) is 1.96. The SMILES string of the molecule is CCCC(CO)Nc1ccc(CC#N)c(C(F)(F)F)c1. The van der Waals surface area contributed by atoms with Crippen LogP contribution in [0.15, 0.2) is 18.2 Å². The predicted molar refractivity (Wildman–Crippen MR) is 70.2 cm³/mol. The van der Waals surface area contributed by atoms with E-state index >= 15 is 0 Å². The summed E-state index contributed by atoms with van der Waals surface area (Å²) < 4.78 is 38.8. The van der Waals surface area contributed by atoms with E-state index in [1.54, 1.807) is 6.07 Å². The van der Waals surface area contributed by atoms with E-state index < -0.39 is 11.7 Å². The minimum atomic E-state index is -4.50. The number of aliphatic hydroxyl groups excluding tert-OH is 1. The van der Waals surface area contributed by atoms with Gasteiger partial charge >= 0.3 is 6.18 Å². The number of nitrogens with zero attached hydrogens (tertiary/aromatic N) is 1. The van der Waals surface area contributed by atoms with E-state index in [9.17, 15) is 13.2 Å². The fourth-order valence-corrected chi connectivity index (χ4v) is 1.96. The summed E-state index contributed by atoms with van der Waals surface area (Å²) in [6.07, 6.45) is -3.30. The maximum atomic E-state index is 12.9. The van der Waals surface area contributed by atoms with Crippen LogP contribution in [0, 0.1) is 11.3 Å². The monoisotopic (exact) mass is 286 g/mol. The molecule has 1 unspecified atom stereocenters. The van der Waals surface area contributed by atoms with E-state index in [1.165, 1.54) is 12.1 Å². The van der Waals surface area contributed by atoms with Crippen LogP contribution in [0.2, 0.25) is 0 Å². The Balaban J connectivity index is 3.03. The van der Waals surface area contributed by atoms with Crippen LogP contribution >= 0.6 is 0 Å². The number of hydrogen-bond acceptors (Lipinski definition) is 3. The third-order valence-corrected chi connectivity index (χ3v) is 2.91. The minimum Gasteiger partial charge on any atom is -0.394 e. The summed E-state index contributed by atoms with van der Waals surface area (Å²) in [6.45, 7) is 1.79. The molecule has 3 nitrogen and oxygen atoms in total. The molecule has 20 heavy (non-hydrogen) atoms. The lowest BCUT2D eigenvalue weighted by Gasteiger charge is -2.19. The molecule has 0 aromatic heterocycles. The van der Waals surface area contributed by atoms with Crippen molar-refractivity contribution >= 4 is 5.69 Å². The fraction of sp³-hybridized carbons (Fsp3) is 0.500. The molecule has 1 rings (SSSR count). The number of alkyl halides is 3. The lowest BCUT2D eigenvalue weighted by Crippen LogP contribution is -2.23. The van der Waals surface area contributed by atoms with Gasteiger partial charge in [-0.2, -0.15) is 18.4 Å². The molecular formula is C14H17F3N2O. The van der Waals surface area contributed by atoms with Crippen LogP contribution in [0.1, 0.15) is 30.9 Å². The molecule has 0 saturated heterocycles. The Labute approximate surface area is 116 Å². The van der Waals surface area contributed by atoms with Gasteiger partial charge in [0.25, 0.3) is 0 Å². The number of halogens is 3. The topological polar surface area (TPSA) is 56.0 Å². The summed E-state index contributed by atoms with van der Waals surface area (Å²) in [7, 11) is 0. The molecule has 0 bridgehead atoms. The molecule has 6 heteroatoms. The molecular weight excluding hydrogens is 269 g/mol. The van der Waals surface area contributed by atoms with Gasteiger partial charge in [0.1, 0.15) is 0 Å². The largest absolute Gasteiger partial charge is 0.416 e. The van der Waals surface area contributed by atoms with Gasteiger partial charge in [-0.1, -0.05) is 19.4 Å². The van der Waals surface area contributed by atoms with Crippen LogP contribution in [0.5, 0.6) is 0 Å². The van der Waals surface area contributed by atoms with Crippen molar-refractivity contribution < 1.29 is 18.3 Å². The van der Waals surface area contributed by atoms with Crippen LogP contribution in [0.3, 0.4) is 0 Å². The minimum absolute atomic E-state index is 0.0402. The van der Waals surface area contributed by atoms with Crippen molar-refractivity contribution in [3.8, 4) is 6.07 Å². The molecule has 0 fully saturated rings. The van der Waals surface area contributed by atoms with Gasteiger partial charge in [-0.05, 0) is 24.1 Å². The first kappa shape index (κ1) is 16.3. The van der Waals surface area contributed by atoms with Crippen LogP contribution in [-0.4, -0.2) is 17.8 Å². The van der Waals surface area contributed by atoms with Gasteiger partial charge in [0.2, 0.25) is 0 Å². The molecule has 0 aliphatic rings. The molecule has 0 spiro atoms. The highest BCUT2D eigenvalue weighted by Gasteiger charge is 2.33. The van der Waals surface area contributed by atoms with Crippen molar-refractivity contribution in [1.29, 1.82) is 5.26 Å². The third-order valence-electron chi connectivity index (χ3n) is 2.91. The van der Waals surface area contributed by atoms with Crippen LogP contribution < -0.4 is 5.32 Å². The molecule has 0 heterocycles. The number of nitriles is 1. The number of hydrogen-bond donors (Lipinski definition) is 2. The zero-order valence-corrected chi connectivity index (χ0v) is 11.2. The molecule has 1 aromatic carbocycles. The van der Waals surface area contributed by atoms with Crippen molar-refractivity contribution in [3.05, 3.63) is 29.3 Å². The normalized spacial score (nSPS) is 12.8. The van der Waals surface area contributed by atoms with Gasteiger partial charge in [-0.15, -0.1) is 0 Å². The maximum Gasteiger partial charge on any atom is 0.416 e. The van der Waals surface area contributed by atoms with Crippen molar-refractivity contribution in [2.24, 2.45) is 0 Å². The molecule has 1 aromatic rings. The molecule has 1 atom stereocenters. The third kappa shape index (κ3) is 4.42. The summed E-state index contributed by atoms with van der Waals surface area (Å²) in [4.78, 5) is 0. The second-order valence-electron chi connectivity index (χ2n) is 4.52. The number of aliphatic hydroxyl groups is 1. The Hall–Kier alpha value is -1.74. The van der Waals surface area contributed by atoms with Gasteiger partial charge in [-0.25, -0.2) is 0 Å². The van der Waals surface area contributed by atoms with Gasteiger partial charge in [0.05, 0.1) is 24.7 Å². The Morgan fingerprint density at radius 1 is 1.40 bits per heavy atom. The van der Waals surface area contributed by atoms with E-state index in [-0.39, 0.29) is 24.6 Å². The van der Waals surface area contributed by atoms with E-state index in [2.05, 4.69) is 5.32 Å². The predicted octanol–water partition coefficient (Wildman–Crippen LogP) is 3.34. The lowest BCUT2D eigenvalue weighted by atomic mass is 10.0. The molecule has 0 radical (unpaired) electrons. The highest BCUT2D eigenvalue weighted by atomic mass is 19.4. The summed E-state index contributed by atoms with van der Waals surface area (Å²) in [5.74, 6) is 0. The average molecular weight is 286 g/mol. The number of rotatable bonds is 6. The quantitative estimate of drug-likeness (QED) is 0.843. The van der Waals surface area contributed by atoms with Gasteiger partial charge in [-0.3, -0.25) is 0 Å². The van der Waals surface area contributed by atoms with Gasteiger partial charge in [0.15, 0.2) is 0 Å². The Kier molecular flexibility index (Phi) is 5.83. The van der Waals surface area contributed by atoms with Crippen molar-refractivity contribution in [1.82, 2.24) is 0 Å². The summed E-state index contributed by atoms with van der Waals surface area (Å²) in [5.41, 5.74) is -0.551. The smallest absolute Gasteiger partial charge is 0.394 e. The highest BCUT2D eigenvalue weighted by Crippen LogP contribution is 2.34. The van der Waals surface area contributed by atoms with Gasteiger partial charge in [0, 0.05) is 11.7 Å². The summed E-state index contributed by atoms with van der Waals surface area (Å²) >= 11 is 0. The molecule has 0 amide bonds. The maximum absolute atomic E-state index is 12.9. The number of benzene rings is 1. The zero-order chi connectivity index (χ0) is 15.2. The lowest BCUT2D eigenvalue weighted by molar-refractivity contribution is -0.138. The first-order valence-corrected chi connectivity index (χ1v) is 6.36. The summed E-state index contributed by atoms with van der Waals surface area (Å²) in [6, 6.07) is 5.24. The molecule has 2 N–H and O–H groups in total. The van der Waals surface area contributed by atoms with Crippen molar-refractivity contribution in [2.45, 2.75) is 38.4 Å². The first-order valence-electron chi connectivity index (χ1n) is 6.36. The molecule has 0 aliphatic heterocycles. The van der Waals surface area contributed by atoms with Crippen LogP contribution in [0.4, 0.5) is 18.9 Å².